The van der Waals surface area contributed by atoms with Crippen LogP contribution in [-0.4, -0.2) is 20.4 Å². The molecule has 0 unspecified atom stereocenters. The molecule has 0 radical (unpaired) electrons. The smallest absolute Gasteiger partial charge is 0.261 e. The molecule has 0 bridgehead atoms. The summed E-state index contributed by atoms with van der Waals surface area (Å²) in [6.45, 7) is 3.55. The van der Waals surface area contributed by atoms with Crippen LogP contribution in [0.2, 0.25) is 5.02 Å². The Morgan fingerprint density at radius 3 is 2.50 bits per heavy atom. The molecule has 1 fully saturated rings. The third kappa shape index (κ3) is 4.67. The molecule has 0 heterocycles. The Bertz CT molecular complexity index is 983. The quantitative estimate of drug-likeness (QED) is 0.728. The minimum absolute atomic E-state index is 0.0475. The SMILES string of the molecule is Cc1ccc(S(=O)(=O)Nc2cccc(Cl)c2C)cc1C(=O)NC1CCCCC1. The monoisotopic (exact) mass is 420 g/mol. The number of carbonyl (C=O) groups excluding carboxylic acids is 1. The normalized spacial score (nSPS) is 15.2. The maximum absolute atomic E-state index is 12.9. The van der Waals surface area contributed by atoms with Gasteiger partial charge in [-0.15, -0.1) is 0 Å². The van der Waals surface area contributed by atoms with Crippen molar-refractivity contribution in [3.63, 3.8) is 0 Å². The summed E-state index contributed by atoms with van der Waals surface area (Å²) in [7, 11) is -3.85. The third-order valence-corrected chi connectivity index (χ3v) is 6.99. The molecule has 3 rings (SSSR count). The fourth-order valence-corrected chi connectivity index (χ4v) is 4.77. The van der Waals surface area contributed by atoms with Crippen LogP contribution in [0.25, 0.3) is 0 Å². The molecule has 0 atom stereocenters. The van der Waals surface area contributed by atoms with E-state index in [1.165, 1.54) is 18.6 Å². The number of amides is 1. The molecule has 2 aromatic carbocycles. The molecule has 28 heavy (non-hydrogen) atoms. The average molecular weight is 421 g/mol. The molecule has 0 aliphatic heterocycles. The van der Waals surface area contributed by atoms with Gasteiger partial charge >= 0.3 is 0 Å². The van der Waals surface area contributed by atoms with Gasteiger partial charge in [0, 0.05) is 16.6 Å². The number of hydrogen-bond donors (Lipinski definition) is 2. The van der Waals surface area contributed by atoms with Gasteiger partial charge < -0.3 is 5.32 Å². The summed E-state index contributed by atoms with van der Waals surface area (Å²) >= 11 is 6.08. The first kappa shape index (κ1) is 20.7. The van der Waals surface area contributed by atoms with E-state index in [1.807, 2.05) is 0 Å². The Morgan fingerprint density at radius 1 is 1.07 bits per heavy atom. The Kier molecular flexibility index (Phi) is 6.30. The van der Waals surface area contributed by atoms with Gasteiger partial charge in [-0.25, -0.2) is 8.42 Å². The number of halogens is 1. The fourth-order valence-electron chi connectivity index (χ4n) is 3.44. The van der Waals surface area contributed by atoms with Gasteiger partial charge in [-0.05, 0) is 62.1 Å². The van der Waals surface area contributed by atoms with E-state index in [0.717, 1.165) is 31.2 Å². The van der Waals surface area contributed by atoms with Gasteiger partial charge in [-0.3, -0.25) is 9.52 Å². The van der Waals surface area contributed by atoms with Crippen LogP contribution in [0.15, 0.2) is 41.3 Å². The van der Waals surface area contributed by atoms with Crippen molar-refractivity contribution in [2.75, 3.05) is 4.72 Å². The van der Waals surface area contributed by atoms with Crippen LogP contribution in [0.5, 0.6) is 0 Å². The number of nitrogens with one attached hydrogen (secondary N) is 2. The highest BCUT2D eigenvalue weighted by molar-refractivity contribution is 7.92. The summed E-state index contributed by atoms with van der Waals surface area (Å²) < 4.78 is 28.3. The number of carbonyl (C=O) groups is 1. The fraction of sp³-hybridized carbons (Fsp3) is 0.381. The van der Waals surface area contributed by atoms with E-state index in [9.17, 15) is 13.2 Å². The van der Waals surface area contributed by atoms with Gasteiger partial charge in [0.1, 0.15) is 0 Å². The lowest BCUT2D eigenvalue weighted by molar-refractivity contribution is 0.0927. The van der Waals surface area contributed by atoms with E-state index in [-0.39, 0.29) is 16.8 Å². The molecule has 0 spiro atoms. The highest BCUT2D eigenvalue weighted by atomic mass is 35.5. The van der Waals surface area contributed by atoms with Crippen molar-refractivity contribution in [3.05, 3.63) is 58.1 Å². The van der Waals surface area contributed by atoms with E-state index >= 15 is 0 Å². The van der Waals surface area contributed by atoms with Crippen LogP contribution in [0.1, 0.15) is 53.6 Å². The first-order chi connectivity index (χ1) is 13.3. The van der Waals surface area contributed by atoms with Crippen molar-refractivity contribution in [1.82, 2.24) is 5.32 Å². The molecular formula is C21H25ClN2O3S. The van der Waals surface area contributed by atoms with Gasteiger partial charge in [-0.2, -0.15) is 0 Å². The molecule has 7 heteroatoms. The first-order valence-corrected chi connectivity index (χ1v) is 11.3. The summed E-state index contributed by atoms with van der Waals surface area (Å²) in [5.74, 6) is -0.222. The van der Waals surface area contributed by atoms with Gasteiger partial charge in [0.05, 0.1) is 10.6 Å². The third-order valence-electron chi connectivity index (χ3n) is 5.22. The molecule has 1 saturated carbocycles. The molecule has 0 aromatic heterocycles. The van der Waals surface area contributed by atoms with E-state index < -0.39 is 10.0 Å². The van der Waals surface area contributed by atoms with E-state index in [2.05, 4.69) is 10.0 Å². The van der Waals surface area contributed by atoms with E-state index in [0.29, 0.717) is 21.8 Å². The van der Waals surface area contributed by atoms with Crippen LogP contribution >= 0.6 is 11.6 Å². The maximum Gasteiger partial charge on any atom is 0.261 e. The molecule has 5 nitrogen and oxygen atoms in total. The summed E-state index contributed by atoms with van der Waals surface area (Å²) in [5, 5.41) is 3.53. The lowest BCUT2D eigenvalue weighted by Crippen LogP contribution is -2.36. The van der Waals surface area contributed by atoms with E-state index in [1.54, 1.807) is 38.1 Å². The van der Waals surface area contributed by atoms with E-state index in [4.69, 9.17) is 11.6 Å². The number of rotatable bonds is 5. The van der Waals surface area contributed by atoms with Crippen LogP contribution < -0.4 is 10.0 Å². The van der Waals surface area contributed by atoms with Crippen LogP contribution in [-0.2, 0) is 10.0 Å². The van der Waals surface area contributed by atoms with Gasteiger partial charge in [0.15, 0.2) is 0 Å². The molecular weight excluding hydrogens is 396 g/mol. The van der Waals surface area contributed by atoms with Crippen molar-refractivity contribution in [3.8, 4) is 0 Å². The van der Waals surface area contributed by atoms with Gasteiger partial charge in [-0.1, -0.05) is 43.0 Å². The Balaban J connectivity index is 1.85. The second-order valence-corrected chi connectivity index (χ2v) is 9.39. The molecule has 1 aliphatic carbocycles. The van der Waals surface area contributed by atoms with Crippen molar-refractivity contribution in [2.45, 2.75) is 56.9 Å². The predicted octanol–water partition coefficient (Wildman–Crippen LogP) is 4.82. The molecule has 2 N–H and O–H groups in total. The summed E-state index contributed by atoms with van der Waals surface area (Å²) in [4.78, 5) is 12.8. The largest absolute Gasteiger partial charge is 0.349 e. The second-order valence-electron chi connectivity index (χ2n) is 7.30. The van der Waals surface area contributed by atoms with Crippen molar-refractivity contribution in [2.24, 2.45) is 0 Å². The Morgan fingerprint density at radius 2 is 1.79 bits per heavy atom. The lowest BCUT2D eigenvalue weighted by Gasteiger charge is -2.23. The number of aryl methyl sites for hydroxylation is 1. The first-order valence-electron chi connectivity index (χ1n) is 9.47. The zero-order valence-electron chi connectivity index (χ0n) is 16.1. The number of sulfonamides is 1. The number of anilines is 1. The average Bonchev–Trinajstić information content (AvgIpc) is 2.66. The van der Waals surface area contributed by atoms with Crippen molar-refractivity contribution < 1.29 is 13.2 Å². The molecule has 1 aliphatic rings. The van der Waals surface area contributed by atoms with Crippen LogP contribution in [0, 0.1) is 13.8 Å². The second kappa shape index (κ2) is 8.53. The maximum atomic E-state index is 12.9. The molecule has 0 saturated heterocycles. The topological polar surface area (TPSA) is 75.3 Å². The standard InChI is InChI=1S/C21H25ClN2O3S/c1-14-11-12-17(13-18(14)21(25)23-16-7-4-3-5-8-16)28(26,27)24-20-10-6-9-19(22)15(20)2/h6,9-13,16,24H,3-5,7-8H2,1-2H3,(H,23,25). The predicted molar refractivity (Wildman–Crippen MR) is 113 cm³/mol. The summed E-state index contributed by atoms with van der Waals surface area (Å²) in [6.07, 6.45) is 5.37. The minimum atomic E-state index is -3.85. The number of benzene rings is 2. The molecule has 1 amide bonds. The minimum Gasteiger partial charge on any atom is -0.349 e. The zero-order valence-corrected chi connectivity index (χ0v) is 17.7. The number of hydrogen-bond acceptors (Lipinski definition) is 3. The summed E-state index contributed by atoms with van der Waals surface area (Å²) in [5.41, 5.74) is 2.19. The zero-order chi connectivity index (χ0) is 20.3. The van der Waals surface area contributed by atoms with Crippen LogP contribution in [0.4, 0.5) is 5.69 Å². The van der Waals surface area contributed by atoms with Crippen LogP contribution in [0.3, 0.4) is 0 Å². The Hall–Kier alpha value is -2.05. The lowest BCUT2D eigenvalue weighted by atomic mass is 9.95. The van der Waals surface area contributed by atoms with Gasteiger partial charge in [0.25, 0.3) is 15.9 Å². The van der Waals surface area contributed by atoms with Gasteiger partial charge in [0.2, 0.25) is 0 Å². The Labute approximate surface area is 171 Å². The summed E-state index contributed by atoms with van der Waals surface area (Å²) in [6, 6.07) is 9.82. The van der Waals surface area contributed by atoms with Crippen molar-refractivity contribution in [1.29, 1.82) is 0 Å². The highest BCUT2D eigenvalue weighted by Gasteiger charge is 2.21. The molecule has 2 aromatic rings. The van der Waals surface area contributed by atoms with Crippen molar-refractivity contribution >= 4 is 33.2 Å². The highest BCUT2D eigenvalue weighted by Crippen LogP contribution is 2.26. The molecule has 150 valence electrons.